The van der Waals surface area contributed by atoms with Crippen molar-refractivity contribution in [2.75, 3.05) is 49.8 Å². The van der Waals surface area contributed by atoms with Crippen molar-refractivity contribution < 1.29 is 27.5 Å². The van der Waals surface area contributed by atoms with Crippen molar-refractivity contribution in [1.29, 1.82) is 0 Å². The molecule has 45 heavy (non-hydrogen) atoms. The number of rotatable bonds is 6. The van der Waals surface area contributed by atoms with Crippen LogP contribution in [0.5, 0.6) is 0 Å². The molecule has 0 bridgehead atoms. The van der Waals surface area contributed by atoms with E-state index in [-0.39, 0.29) is 18.9 Å². The van der Waals surface area contributed by atoms with Crippen molar-refractivity contribution >= 4 is 45.2 Å². The Morgan fingerprint density at radius 3 is 2.38 bits per heavy atom. The standard InChI is InChI=1S/C32H42ClN5O6S/c1-31(2,3)44-30(41)37-18-15-34-20-27(37)28(39)35-25(19-22-9-11-23(33)12-10-22)29(40)36-16-13-32(14-17-36)21-38(45(4,42)43)26-8-6-5-7-24(26)32/h5-12,25,27,34H,13-21H2,1-4H3,(H,35,39)/t25-,27?/m1/s1. The Bertz CT molecular complexity index is 1540. The lowest BCUT2D eigenvalue weighted by Gasteiger charge is -2.41. The predicted octanol–water partition coefficient (Wildman–Crippen LogP) is 2.92. The van der Waals surface area contributed by atoms with Crippen molar-refractivity contribution in [3.05, 3.63) is 64.7 Å². The number of anilines is 1. The Balaban J connectivity index is 1.34. The van der Waals surface area contributed by atoms with Crippen molar-refractivity contribution in [2.24, 2.45) is 0 Å². The second kappa shape index (κ2) is 12.8. The number of likely N-dealkylation sites (tertiary alicyclic amines) is 1. The number of para-hydroxylation sites is 1. The van der Waals surface area contributed by atoms with E-state index in [1.165, 1.54) is 15.5 Å². The van der Waals surface area contributed by atoms with E-state index < -0.39 is 45.1 Å². The van der Waals surface area contributed by atoms with Gasteiger partial charge < -0.3 is 20.3 Å². The maximum Gasteiger partial charge on any atom is 0.411 e. The fourth-order valence-corrected chi connectivity index (χ4v) is 7.61. The summed E-state index contributed by atoms with van der Waals surface area (Å²) in [5.74, 6) is -0.672. The molecular weight excluding hydrogens is 618 g/mol. The molecule has 2 aromatic carbocycles. The summed E-state index contributed by atoms with van der Waals surface area (Å²) in [5.41, 5.74) is 1.39. The number of ether oxygens (including phenoxy) is 1. The minimum absolute atomic E-state index is 0.230. The maximum absolute atomic E-state index is 14.1. The normalized spacial score (nSPS) is 20.5. The summed E-state index contributed by atoms with van der Waals surface area (Å²) < 4.78 is 32.3. The molecule has 3 aliphatic rings. The molecule has 3 heterocycles. The molecule has 0 radical (unpaired) electrons. The van der Waals surface area contributed by atoms with Crippen LogP contribution in [0, 0.1) is 0 Å². The van der Waals surface area contributed by atoms with E-state index in [1.54, 1.807) is 37.8 Å². The lowest BCUT2D eigenvalue weighted by Crippen LogP contribution is -2.63. The number of piperazine rings is 1. The Morgan fingerprint density at radius 1 is 1.07 bits per heavy atom. The number of sulfonamides is 1. The average molecular weight is 660 g/mol. The first kappa shape index (κ1) is 33.0. The number of carbonyl (C=O) groups is 3. The molecule has 0 saturated carbocycles. The van der Waals surface area contributed by atoms with Gasteiger partial charge in [-0.15, -0.1) is 0 Å². The molecule has 2 aromatic rings. The summed E-state index contributed by atoms with van der Waals surface area (Å²) in [6.45, 7) is 7.52. The molecule has 1 spiro atoms. The third-order valence-corrected chi connectivity index (χ3v) is 10.1. The van der Waals surface area contributed by atoms with Gasteiger partial charge in [0, 0.05) is 56.1 Å². The fraction of sp³-hybridized carbons (Fsp3) is 0.531. The Kier molecular flexibility index (Phi) is 9.40. The fourth-order valence-electron chi connectivity index (χ4n) is 6.49. The second-order valence-corrected chi connectivity index (χ2v) is 15.5. The number of amides is 3. The van der Waals surface area contributed by atoms with Crippen molar-refractivity contribution in [2.45, 2.75) is 63.1 Å². The molecule has 0 aromatic heterocycles. The molecule has 2 saturated heterocycles. The molecule has 2 fully saturated rings. The van der Waals surface area contributed by atoms with Gasteiger partial charge in [0.25, 0.3) is 0 Å². The number of nitrogens with zero attached hydrogens (tertiary/aromatic N) is 3. The summed E-state index contributed by atoms with van der Waals surface area (Å²) in [6.07, 6.45) is 2.05. The molecule has 2 atom stereocenters. The highest BCUT2D eigenvalue weighted by molar-refractivity contribution is 7.92. The number of fused-ring (bicyclic) bond motifs is 2. The second-order valence-electron chi connectivity index (χ2n) is 13.2. The smallest absolute Gasteiger partial charge is 0.411 e. The summed E-state index contributed by atoms with van der Waals surface area (Å²) in [5, 5.41) is 6.69. The number of hydrogen-bond donors (Lipinski definition) is 2. The van der Waals surface area contributed by atoms with Crippen LogP contribution in [-0.2, 0) is 36.2 Å². The largest absolute Gasteiger partial charge is 0.444 e. The molecule has 11 nitrogen and oxygen atoms in total. The van der Waals surface area contributed by atoms with E-state index in [1.807, 2.05) is 36.4 Å². The number of halogens is 1. The van der Waals surface area contributed by atoms with E-state index in [2.05, 4.69) is 10.6 Å². The number of carbonyl (C=O) groups excluding carboxylic acids is 3. The summed E-state index contributed by atoms with van der Waals surface area (Å²) in [4.78, 5) is 44.0. The van der Waals surface area contributed by atoms with Gasteiger partial charge in [-0.2, -0.15) is 0 Å². The van der Waals surface area contributed by atoms with Crippen LogP contribution >= 0.6 is 11.6 Å². The first-order valence-corrected chi connectivity index (χ1v) is 17.5. The highest BCUT2D eigenvalue weighted by Gasteiger charge is 2.48. The van der Waals surface area contributed by atoms with Gasteiger partial charge in [0.1, 0.15) is 17.7 Å². The lowest BCUT2D eigenvalue weighted by molar-refractivity contribution is -0.139. The Hall–Kier alpha value is -3.35. The van der Waals surface area contributed by atoms with E-state index in [4.69, 9.17) is 16.3 Å². The van der Waals surface area contributed by atoms with Gasteiger partial charge in [0.2, 0.25) is 21.8 Å². The van der Waals surface area contributed by atoms with Crippen LogP contribution in [0.4, 0.5) is 10.5 Å². The van der Waals surface area contributed by atoms with Gasteiger partial charge in [0.05, 0.1) is 11.9 Å². The predicted molar refractivity (Wildman–Crippen MR) is 173 cm³/mol. The molecular formula is C32H42ClN5O6S. The van der Waals surface area contributed by atoms with Gasteiger partial charge in [-0.25, -0.2) is 13.2 Å². The van der Waals surface area contributed by atoms with Gasteiger partial charge in [-0.05, 0) is 62.9 Å². The SMILES string of the molecule is CC(C)(C)OC(=O)N1CCNCC1C(=O)N[C@H](Cc1ccc(Cl)cc1)C(=O)N1CCC2(CC1)CN(S(C)(=O)=O)c1ccccc12. The molecule has 2 N–H and O–H groups in total. The van der Waals surface area contributed by atoms with Gasteiger partial charge in [0.15, 0.2) is 0 Å². The number of piperidine rings is 1. The van der Waals surface area contributed by atoms with Crippen LogP contribution in [0.1, 0.15) is 44.7 Å². The molecule has 5 rings (SSSR count). The molecule has 244 valence electrons. The molecule has 0 aliphatic carbocycles. The van der Waals surface area contributed by atoms with Gasteiger partial charge >= 0.3 is 6.09 Å². The minimum Gasteiger partial charge on any atom is -0.444 e. The summed E-state index contributed by atoms with van der Waals surface area (Å²) in [6, 6.07) is 13.0. The van der Waals surface area contributed by atoms with E-state index in [0.29, 0.717) is 56.3 Å². The van der Waals surface area contributed by atoms with Crippen molar-refractivity contribution in [1.82, 2.24) is 20.4 Å². The van der Waals surface area contributed by atoms with Crippen molar-refractivity contribution in [3.8, 4) is 0 Å². The minimum atomic E-state index is -3.46. The molecule has 3 amide bonds. The topological polar surface area (TPSA) is 128 Å². The molecule has 3 aliphatic heterocycles. The third kappa shape index (κ3) is 7.39. The Morgan fingerprint density at radius 2 is 1.73 bits per heavy atom. The Labute approximate surface area is 270 Å². The zero-order valence-corrected chi connectivity index (χ0v) is 27.8. The first-order valence-electron chi connectivity index (χ1n) is 15.3. The van der Waals surface area contributed by atoms with Crippen molar-refractivity contribution in [3.63, 3.8) is 0 Å². The van der Waals surface area contributed by atoms with Crippen LogP contribution in [-0.4, -0.2) is 99.3 Å². The lowest BCUT2D eigenvalue weighted by atomic mass is 9.74. The zero-order valence-electron chi connectivity index (χ0n) is 26.2. The van der Waals surface area contributed by atoms with E-state index in [9.17, 15) is 22.8 Å². The monoisotopic (exact) mass is 659 g/mol. The van der Waals surface area contributed by atoms with E-state index >= 15 is 0 Å². The third-order valence-electron chi connectivity index (χ3n) is 8.76. The summed E-state index contributed by atoms with van der Waals surface area (Å²) in [7, 11) is -3.46. The average Bonchev–Trinajstić information content (AvgIpc) is 3.31. The first-order chi connectivity index (χ1) is 21.2. The van der Waals surface area contributed by atoms with Crippen LogP contribution in [0.2, 0.25) is 5.02 Å². The molecule has 13 heteroatoms. The van der Waals surface area contributed by atoms with Crippen LogP contribution in [0.25, 0.3) is 0 Å². The number of benzene rings is 2. The van der Waals surface area contributed by atoms with Crippen LogP contribution in [0.3, 0.4) is 0 Å². The zero-order chi connectivity index (χ0) is 32.6. The number of hydrogen-bond acceptors (Lipinski definition) is 7. The summed E-state index contributed by atoms with van der Waals surface area (Å²) >= 11 is 6.10. The highest BCUT2D eigenvalue weighted by Crippen LogP contribution is 2.47. The quantitative estimate of drug-likeness (QED) is 0.488. The van der Waals surface area contributed by atoms with Gasteiger partial charge in [-0.1, -0.05) is 41.9 Å². The number of nitrogens with one attached hydrogen (secondary N) is 2. The van der Waals surface area contributed by atoms with Gasteiger partial charge in [-0.3, -0.25) is 18.8 Å². The maximum atomic E-state index is 14.1. The molecule has 1 unspecified atom stereocenters. The van der Waals surface area contributed by atoms with E-state index in [0.717, 1.165) is 11.1 Å². The van der Waals surface area contributed by atoms with Crippen LogP contribution in [0.15, 0.2) is 48.5 Å². The van der Waals surface area contributed by atoms with Crippen LogP contribution < -0.4 is 14.9 Å². The highest BCUT2D eigenvalue weighted by atomic mass is 35.5.